The molecule has 1 aliphatic heterocycles. The summed E-state index contributed by atoms with van der Waals surface area (Å²) in [6.45, 7) is 3.44. The molecule has 1 heterocycles. The molecule has 1 saturated heterocycles. The van der Waals surface area contributed by atoms with Crippen LogP contribution in [0.4, 0.5) is 4.79 Å². The molecule has 0 aromatic heterocycles. The third kappa shape index (κ3) is 4.91. The second-order valence-electron chi connectivity index (χ2n) is 7.74. The maximum atomic E-state index is 13.1. The van der Waals surface area contributed by atoms with Crippen molar-refractivity contribution >= 4 is 45.7 Å². The van der Waals surface area contributed by atoms with Gasteiger partial charge in [-0.15, -0.1) is 0 Å². The molecule has 0 saturated carbocycles. The first kappa shape index (κ1) is 24.0. The SMILES string of the molecule is CCOC(=O)C(C)N1C(=O)S/C(=C/c2c(OCc3ccccc3C#N)ccc3ccccc23)C1=O. The summed E-state index contributed by atoms with van der Waals surface area (Å²) in [5, 5.41) is 10.6. The number of imide groups is 1. The van der Waals surface area contributed by atoms with Crippen LogP contribution in [0.25, 0.3) is 16.8 Å². The number of carbonyl (C=O) groups excluding carboxylic acids is 3. The zero-order chi connectivity index (χ0) is 24.9. The average Bonchev–Trinajstić information content (AvgIpc) is 3.15. The normalized spacial score (nSPS) is 15.3. The Morgan fingerprint density at radius 3 is 2.63 bits per heavy atom. The van der Waals surface area contributed by atoms with Gasteiger partial charge >= 0.3 is 5.97 Å². The number of rotatable bonds is 7. The summed E-state index contributed by atoms with van der Waals surface area (Å²) < 4.78 is 11.1. The number of esters is 1. The maximum absolute atomic E-state index is 13.1. The highest BCUT2D eigenvalue weighted by Gasteiger charge is 2.41. The van der Waals surface area contributed by atoms with Gasteiger partial charge in [-0.3, -0.25) is 14.5 Å². The van der Waals surface area contributed by atoms with Crippen molar-refractivity contribution in [3.05, 3.63) is 82.3 Å². The van der Waals surface area contributed by atoms with Crippen LogP contribution >= 0.6 is 11.8 Å². The Hall–Kier alpha value is -4.09. The molecule has 3 aromatic rings. The van der Waals surface area contributed by atoms with Crippen molar-refractivity contribution in [2.45, 2.75) is 26.5 Å². The van der Waals surface area contributed by atoms with Gasteiger partial charge in [0.1, 0.15) is 18.4 Å². The van der Waals surface area contributed by atoms with Crippen LogP contribution in [0.15, 0.2) is 65.6 Å². The molecule has 1 fully saturated rings. The molecular weight excluding hydrogens is 464 g/mol. The Balaban J connectivity index is 1.71. The Labute approximate surface area is 206 Å². The van der Waals surface area contributed by atoms with Gasteiger partial charge in [0, 0.05) is 11.1 Å². The Kier molecular flexibility index (Phi) is 7.18. The van der Waals surface area contributed by atoms with Crippen LogP contribution in [-0.4, -0.2) is 34.7 Å². The van der Waals surface area contributed by atoms with E-state index in [0.717, 1.165) is 33.0 Å². The molecule has 176 valence electrons. The lowest BCUT2D eigenvalue weighted by Crippen LogP contribution is -2.42. The molecule has 1 aliphatic rings. The zero-order valence-electron chi connectivity index (χ0n) is 19.2. The van der Waals surface area contributed by atoms with Crippen molar-refractivity contribution < 1.29 is 23.9 Å². The van der Waals surface area contributed by atoms with E-state index in [-0.39, 0.29) is 18.1 Å². The third-order valence-corrected chi connectivity index (χ3v) is 6.45. The highest BCUT2D eigenvalue weighted by molar-refractivity contribution is 8.18. The van der Waals surface area contributed by atoms with Gasteiger partial charge in [-0.05, 0) is 54.6 Å². The maximum Gasteiger partial charge on any atom is 0.329 e. The van der Waals surface area contributed by atoms with Crippen LogP contribution in [0.2, 0.25) is 0 Å². The predicted molar refractivity (Wildman–Crippen MR) is 133 cm³/mol. The van der Waals surface area contributed by atoms with Gasteiger partial charge < -0.3 is 9.47 Å². The van der Waals surface area contributed by atoms with Crippen molar-refractivity contribution in [2.75, 3.05) is 6.61 Å². The van der Waals surface area contributed by atoms with Crippen molar-refractivity contribution in [1.29, 1.82) is 5.26 Å². The summed E-state index contributed by atoms with van der Waals surface area (Å²) in [5.41, 5.74) is 1.88. The standard InChI is InChI=1S/C27H22N2O5S/c1-3-33-26(31)17(2)29-25(30)24(35-27(29)32)14-22-21-11-7-6-8-18(21)12-13-23(22)34-16-20-10-5-4-9-19(20)15-28/h4-14,17H,3,16H2,1-2H3/b24-14+. The largest absolute Gasteiger partial charge is 0.488 e. The lowest BCUT2D eigenvalue weighted by molar-refractivity contribution is -0.150. The van der Waals surface area contributed by atoms with E-state index in [1.165, 1.54) is 6.92 Å². The van der Waals surface area contributed by atoms with Crippen molar-refractivity contribution in [3.63, 3.8) is 0 Å². The minimum absolute atomic E-state index is 0.154. The summed E-state index contributed by atoms with van der Waals surface area (Å²) in [5.74, 6) is -0.697. The molecule has 1 atom stereocenters. The molecule has 4 rings (SSSR count). The fourth-order valence-corrected chi connectivity index (χ4v) is 4.66. The Bertz CT molecular complexity index is 1390. The summed E-state index contributed by atoms with van der Waals surface area (Å²) >= 11 is 0.770. The first-order chi connectivity index (χ1) is 16.9. The fourth-order valence-electron chi connectivity index (χ4n) is 3.77. The molecule has 0 radical (unpaired) electrons. The van der Waals surface area contributed by atoms with E-state index in [1.807, 2.05) is 42.5 Å². The second kappa shape index (κ2) is 10.5. The monoisotopic (exact) mass is 486 g/mol. The van der Waals surface area contributed by atoms with Crippen molar-refractivity contribution in [1.82, 2.24) is 4.90 Å². The minimum Gasteiger partial charge on any atom is -0.488 e. The van der Waals surface area contributed by atoms with E-state index in [0.29, 0.717) is 16.9 Å². The topological polar surface area (TPSA) is 96.7 Å². The van der Waals surface area contributed by atoms with Crippen LogP contribution in [-0.2, 0) is 20.9 Å². The molecule has 7 nitrogen and oxygen atoms in total. The average molecular weight is 487 g/mol. The van der Waals surface area contributed by atoms with Gasteiger partial charge in [-0.2, -0.15) is 5.26 Å². The van der Waals surface area contributed by atoms with E-state index in [4.69, 9.17) is 9.47 Å². The molecule has 0 aliphatic carbocycles. The van der Waals surface area contributed by atoms with Crippen molar-refractivity contribution in [2.24, 2.45) is 0 Å². The summed E-state index contributed by atoms with van der Waals surface area (Å²) in [7, 11) is 0. The smallest absolute Gasteiger partial charge is 0.329 e. The van der Waals surface area contributed by atoms with Crippen LogP contribution < -0.4 is 4.74 Å². The molecular formula is C27H22N2O5S. The van der Waals surface area contributed by atoms with Gasteiger partial charge in [-0.25, -0.2) is 4.79 Å². The molecule has 2 amide bonds. The number of amides is 2. The number of carbonyl (C=O) groups is 3. The van der Waals surface area contributed by atoms with Gasteiger partial charge in [0.2, 0.25) is 0 Å². The second-order valence-corrected chi connectivity index (χ2v) is 8.73. The molecule has 0 bridgehead atoms. The highest BCUT2D eigenvalue weighted by atomic mass is 32.2. The number of benzene rings is 3. The molecule has 0 N–H and O–H groups in total. The summed E-state index contributed by atoms with van der Waals surface area (Å²) in [6, 6.07) is 19.6. The first-order valence-electron chi connectivity index (χ1n) is 11.0. The Morgan fingerprint density at radius 2 is 1.86 bits per heavy atom. The number of hydrogen-bond acceptors (Lipinski definition) is 7. The van der Waals surface area contributed by atoms with E-state index in [9.17, 15) is 19.6 Å². The summed E-state index contributed by atoms with van der Waals surface area (Å²) in [6.07, 6.45) is 1.62. The van der Waals surface area contributed by atoms with E-state index < -0.39 is 23.2 Å². The highest BCUT2D eigenvalue weighted by Crippen LogP contribution is 2.38. The van der Waals surface area contributed by atoms with Gasteiger partial charge in [0.05, 0.1) is 23.1 Å². The lowest BCUT2D eigenvalue weighted by Gasteiger charge is -2.19. The number of thioether (sulfide) groups is 1. The minimum atomic E-state index is -1.03. The van der Waals surface area contributed by atoms with E-state index in [1.54, 1.807) is 31.2 Å². The zero-order valence-corrected chi connectivity index (χ0v) is 20.0. The molecule has 3 aromatic carbocycles. The fraction of sp³-hybridized carbons (Fsp3) is 0.185. The van der Waals surface area contributed by atoms with E-state index in [2.05, 4.69) is 6.07 Å². The Morgan fingerprint density at radius 1 is 1.11 bits per heavy atom. The first-order valence-corrected chi connectivity index (χ1v) is 11.8. The van der Waals surface area contributed by atoms with Crippen molar-refractivity contribution in [3.8, 4) is 11.8 Å². The molecule has 35 heavy (non-hydrogen) atoms. The number of hydrogen-bond donors (Lipinski definition) is 0. The predicted octanol–water partition coefficient (Wildman–Crippen LogP) is 5.28. The van der Waals surface area contributed by atoms with Crippen LogP contribution in [0.1, 0.15) is 30.5 Å². The van der Waals surface area contributed by atoms with Gasteiger partial charge in [0.15, 0.2) is 0 Å². The quantitative estimate of drug-likeness (QED) is 0.331. The number of ether oxygens (including phenoxy) is 2. The summed E-state index contributed by atoms with van der Waals surface area (Å²) in [4.78, 5) is 39.0. The molecule has 8 heteroatoms. The number of fused-ring (bicyclic) bond motifs is 1. The van der Waals surface area contributed by atoms with Crippen LogP contribution in [0, 0.1) is 11.3 Å². The van der Waals surface area contributed by atoms with Gasteiger partial charge in [0.25, 0.3) is 11.1 Å². The molecule has 1 unspecified atom stereocenters. The number of nitrogens with zero attached hydrogens (tertiary/aromatic N) is 2. The van der Waals surface area contributed by atoms with E-state index >= 15 is 0 Å². The van der Waals surface area contributed by atoms with Gasteiger partial charge in [-0.1, -0.05) is 48.5 Å². The lowest BCUT2D eigenvalue weighted by atomic mass is 10.0. The number of nitriles is 1. The van der Waals surface area contributed by atoms with Crippen LogP contribution in [0.5, 0.6) is 5.75 Å². The molecule has 0 spiro atoms. The third-order valence-electron chi connectivity index (χ3n) is 5.57. The van der Waals surface area contributed by atoms with Crippen LogP contribution in [0.3, 0.4) is 0 Å².